The van der Waals surface area contributed by atoms with E-state index >= 15 is 0 Å². The molecule has 0 unspecified atom stereocenters. The third kappa shape index (κ3) is 2.23. The summed E-state index contributed by atoms with van der Waals surface area (Å²) in [6.07, 6.45) is 0.855. The van der Waals surface area contributed by atoms with E-state index in [0.29, 0.717) is 5.82 Å². The van der Waals surface area contributed by atoms with Crippen LogP contribution in [0.5, 0.6) is 0 Å². The van der Waals surface area contributed by atoms with Gasteiger partial charge in [0.1, 0.15) is 11.5 Å². The largest absolute Gasteiger partial charge is 0.378 e. The van der Waals surface area contributed by atoms with Crippen LogP contribution in [-0.2, 0) is 11.2 Å². The molecule has 3 rings (SSSR count). The highest BCUT2D eigenvalue weighted by molar-refractivity contribution is 7.14. The van der Waals surface area contributed by atoms with Crippen LogP contribution < -0.4 is 4.90 Å². The van der Waals surface area contributed by atoms with Crippen molar-refractivity contribution in [2.45, 2.75) is 13.3 Å². The Morgan fingerprint density at radius 2 is 2.22 bits per heavy atom. The first-order chi connectivity index (χ1) is 8.86. The number of hydrogen-bond acceptors (Lipinski definition) is 6. The van der Waals surface area contributed by atoms with Gasteiger partial charge in [-0.3, -0.25) is 5.10 Å². The Labute approximate surface area is 109 Å². The Balaban J connectivity index is 1.79. The first-order valence-electron chi connectivity index (χ1n) is 6.06. The van der Waals surface area contributed by atoms with Gasteiger partial charge in [0.15, 0.2) is 5.13 Å². The monoisotopic (exact) mass is 265 g/mol. The van der Waals surface area contributed by atoms with Gasteiger partial charge in [-0.15, -0.1) is 11.3 Å². The first kappa shape index (κ1) is 11.6. The molecule has 0 atom stereocenters. The molecule has 6 nitrogen and oxygen atoms in total. The van der Waals surface area contributed by atoms with E-state index < -0.39 is 0 Å². The summed E-state index contributed by atoms with van der Waals surface area (Å²) in [5.41, 5.74) is 0.845. The van der Waals surface area contributed by atoms with E-state index in [1.165, 1.54) is 0 Å². The maximum absolute atomic E-state index is 5.34. The highest BCUT2D eigenvalue weighted by Crippen LogP contribution is 2.25. The van der Waals surface area contributed by atoms with E-state index in [0.717, 1.165) is 49.4 Å². The van der Waals surface area contributed by atoms with Crippen LogP contribution in [0.1, 0.15) is 12.7 Å². The van der Waals surface area contributed by atoms with Gasteiger partial charge in [-0.05, 0) is 0 Å². The Morgan fingerprint density at radius 3 is 2.94 bits per heavy atom. The predicted octanol–water partition coefficient (Wildman–Crippen LogP) is 1.33. The van der Waals surface area contributed by atoms with Gasteiger partial charge in [0.05, 0.1) is 13.2 Å². The molecule has 1 fully saturated rings. The van der Waals surface area contributed by atoms with Crippen molar-refractivity contribution in [2.24, 2.45) is 0 Å². The summed E-state index contributed by atoms with van der Waals surface area (Å²) in [5.74, 6) is 1.58. The summed E-state index contributed by atoms with van der Waals surface area (Å²) in [7, 11) is 0. The lowest BCUT2D eigenvalue weighted by Gasteiger charge is -2.25. The van der Waals surface area contributed by atoms with E-state index in [4.69, 9.17) is 4.74 Å². The van der Waals surface area contributed by atoms with E-state index in [-0.39, 0.29) is 0 Å². The summed E-state index contributed by atoms with van der Waals surface area (Å²) in [5, 5.41) is 10.1. The second-order valence-corrected chi connectivity index (χ2v) is 4.91. The Morgan fingerprint density at radius 1 is 1.39 bits per heavy atom. The number of rotatable bonds is 3. The van der Waals surface area contributed by atoms with Crippen LogP contribution in [0.4, 0.5) is 5.13 Å². The molecule has 0 bridgehead atoms. The van der Waals surface area contributed by atoms with Crippen LogP contribution in [0.25, 0.3) is 11.5 Å². The highest BCUT2D eigenvalue weighted by Gasteiger charge is 2.16. The van der Waals surface area contributed by atoms with Gasteiger partial charge in [0, 0.05) is 24.9 Å². The predicted molar refractivity (Wildman–Crippen MR) is 69.9 cm³/mol. The summed E-state index contributed by atoms with van der Waals surface area (Å²) >= 11 is 1.63. The molecule has 1 aliphatic heterocycles. The molecule has 0 aromatic carbocycles. The average molecular weight is 265 g/mol. The Hall–Kier alpha value is -1.47. The van der Waals surface area contributed by atoms with E-state index in [9.17, 15) is 0 Å². The van der Waals surface area contributed by atoms with Crippen LogP contribution in [0.3, 0.4) is 0 Å². The highest BCUT2D eigenvalue weighted by atomic mass is 32.1. The fourth-order valence-electron chi connectivity index (χ4n) is 1.83. The molecule has 0 aliphatic carbocycles. The molecule has 1 N–H and O–H groups in total. The fraction of sp³-hybridized carbons (Fsp3) is 0.545. The third-order valence-corrected chi connectivity index (χ3v) is 3.77. The van der Waals surface area contributed by atoms with Gasteiger partial charge in [0.2, 0.25) is 5.82 Å². The van der Waals surface area contributed by atoms with Gasteiger partial charge in [0.25, 0.3) is 0 Å². The van der Waals surface area contributed by atoms with Crippen molar-refractivity contribution in [3.05, 3.63) is 11.2 Å². The van der Waals surface area contributed by atoms with Crippen molar-refractivity contribution in [3.63, 3.8) is 0 Å². The number of nitrogens with one attached hydrogen (secondary N) is 1. The number of ether oxygens (including phenoxy) is 1. The minimum absolute atomic E-state index is 0.683. The number of aromatic nitrogens is 4. The Kier molecular flexibility index (Phi) is 3.24. The molecule has 0 spiro atoms. The van der Waals surface area contributed by atoms with Crippen molar-refractivity contribution in [2.75, 3.05) is 31.2 Å². The molecular weight excluding hydrogens is 250 g/mol. The summed E-state index contributed by atoms with van der Waals surface area (Å²) in [6.45, 7) is 5.40. The van der Waals surface area contributed by atoms with Crippen molar-refractivity contribution in [1.29, 1.82) is 0 Å². The van der Waals surface area contributed by atoms with Crippen molar-refractivity contribution < 1.29 is 4.74 Å². The molecule has 0 radical (unpaired) electrons. The molecule has 7 heteroatoms. The lowest BCUT2D eigenvalue weighted by molar-refractivity contribution is 0.122. The molecule has 18 heavy (non-hydrogen) atoms. The maximum atomic E-state index is 5.34. The number of thiazole rings is 1. The smallest absolute Gasteiger partial charge is 0.200 e. The quantitative estimate of drug-likeness (QED) is 0.906. The Bertz CT molecular complexity index is 517. The number of anilines is 1. The number of nitrogens with zero attached hydrogens (tertiary/aromatic N) is 4. The molecule has 1 aliphatic rings. The van der Waals surface area contributed by atoms with Gasteiger partial charge < -0.3 is 9.64 Å². The van der Waals surface area contributed by atoms with Crippen molar-refractivity contribution >= 4 is 16.5 Å². The molecule has 96 valence electrons. The third-order valence-electron chi connectivity index (χ3n) is 2.87. The van der Waals surface area contributed by atoms with Gasteiger partial charge in [-0.2, -0.15) is 5.10 Å². The lowest BCUT2D eigenvalue weighted by Crippen LogP contribution is -2.36. The van der Waals surface area contributed by atoms with E-state index in [1.54, 1.807) is 11.3 Å². The minimum Gasteiger partial charge on any atom is -0.378 e. The molecule has 2 aromatic rings. The summed E-state index contributed by atoms with van der Waals surface area (Å²) in [6, 6.07) is 0. The van der Waals surface area contributed by atoms with Crippen molar-refractivity contribution in [3.8, 4) is 11.5 Å². The van der Waals surface area contributed by atoms with E-state index in [1.807, 2.05) is 12.3 Å². The standard InChI is InChI=1S/C11H15N5OS/c1-2-9-13-10(15-14-9)8-7-18-11(12-8)16-3-5-17-6-4-16/h7H,2-6H2,1H3,(H,13,14,15). The van der Waals surface area contributed by atoms with Crippen molar-refractivity contribution in [1.82, 2.24) is 20.2 Å². The van der Waals surface area contributed by atoms with Crippen LogP contribution >= 0.6 is 11.3 Å². The molecule has 3 heterocycles. The van der Waals surface area contributed by atoms with Gasteiger partial charge in [-0.25, -0.2) is 9.97 Å². The SMILES string of the molecule is CCc1nc(-c2csc(N3CCOCC3)n2)n[nH]1. The summed E-state index contributed by atoms with van der Waals surface area (Å²) < 4.78 is 5.34. The lowest BCUT2D eigenvalue weighted by atomic mass is 10.4. The number of morpholine rings is 1. The normalized spacial score (nSPS) is 16.2. The van der Waals surface area contributed by atoms with Crippen LogP contribution in [-0.4, -0.2) is 46.5 Å². The van der Waals surface area contributed by atoms with E-state index in [2.05, 4.69) is 25.1 Å². The second-order valence-electron chi connectivity index (χ2n) is 4.07. The van der Waals surface area contributed by atoms with Gasteiger partial charge in [-0.1, -0.05) is 6.92 Å². The zero-order valence-corrected chi connectivity index (χ0v) is 11.0. The maximum Gasteiger partial charge on any atom is 0.200 e. The first-order valence-corrected chi connectivity index (χ1v) is 6.94. The zero-order chi connectivity index (χ0) is 12.4. The topological polar surface area (TPSA) is 66.9 Å². The second kappa shape index (κ2) is 5.03. The number of aromatic amines is 1. The molecular formula is C11H15N5OS. The number of hydrogen-bond donors (Lipinski definition) is 1. The summed E-state index contributed by atoms with van der Waals surface area (Å²) in [4.78, 5) is 11.2. The molecule has 0 saturated carbocycles. The minimum atomic E-state index is 0.683. The molecule has 2 aromatic heterocycles. The number of H-pyrrole nitrogens is 1. The zero-order valence-electron chi connectivity index (χ0n) is 10.2. The number of aryl methyl sites for hydroxylation is 1. The van der Waals surface area contributed by atoms with Crippen LogP contribution in [0.2, 0.25) is 0 Å². The van der Waals surface area contributed by atoms with Crippen LogP contribution in [0, 0.1) is 0 Å². The fourth-order valence-corrected chi connectivity index (χ4v) is 2.69. The molecule has 0 amide bonds. The van der Waals surface area contributed by atoms with Gasteiger partial charge >= 0.3 is 0 Å². The van der Waals surface area contributed by atoms with Crippen LogP contribution in [0.15, 0.2) is 5.38 Å². The average Bonchev–Trinajstić information content (AvgIpc) is 3.08. The molecule has 1 saturated heterocycles.